The van der Waals surface area contributed by atoms with E-state index in [1.807, 2.05) is 0 Å². The summed E-state index contributed by atoms with van der Waals surface area (Å²) in [6, 6.07) is 6.20. The van der Waals surface area contributed by atoms with Crippen LogP contribution in [0, 0.1) is 0 Å². The van der Waals surface area contributed by atoms with Crippen molar-refractivity contribution in [2.75, 3.05) is 0 Å². The highest BCUT2D eigenvalue weighted by Gasteiger charge is 2.21. The van der Waals surface area contributed by atoms with Crippen LogP contribution in [-0.4, -0.2) is 21.2 Å². The minimum absolute atomic E-state index is 0.00981. The first-order chi connectivity index (χ1) is 7.59. The molecule has 82 valence electrons. The number of hydrogen-bond acceptors (Lipinski definition) is 4. The van der Waals surface area contributed by atoms with Crippen LogP contribution in [0.5, 0.6) is 5.75 Å². The highest BCUT2D eigenvalue weighted by molar-refractivity contribution is 6.28. The fourth-order valence-electron chi connectivity index (χ4n) is 1.30. The minimum atomic E-state index is -1.29. The summed E-state index contributed by atoms with van der Waals surface area (Å²) in [5.74, 6) is -1.78. The van der Waals surface area contributed by atoms with Gasteiger partial charge in [0.15, 0.2) is 0 Å². The Kier molecular flexibility index (Phi) is 2.54. The molecule has 2 rings (SSSR count). The van der Waals surface area contributed by atoms with Gasteiger partial charge in [0.2, 0.25) is 5.76 Å². The van der Waals surface area contributed by atoms with Gasteiger partial charge in [-0.1, -0.05) is 12.1 Å². The van der Waals surface area contributed by atoms with E-state index in [-0.39, 0.29) is 22.4 Å². The van der Waals surface area contributed by atoms with Crippen molar-refractivity contribution in [3.63, 3.8) is 0 Å². The molecule has 0 saturated heterocycles. The van der Waals surface area contributed by atoms with Gasteiger partial charge in [-0.2, -0.15) is 4.98 Å². The lowest BCUT2D eigenvalue weighted by Crippen LogP contribution is -1.96. The number of phenols is 1. The lowest BCUT2D eigenvalue weighted by molar-refractivity contribution is 0.0663. The Morgan fingerprint density at radius 3 is 2.69 bits per heavy atom. The lowest BCUT2D eigenvalue weighted by Gasteiger charge is -2.00. The van der Waals surface area contributed by atoms with Gasteiger partial charge in [0, 0.05) is 5.56 Å². The first kappa shape index (κ1) is 10.5. The average molecular weight is 240 g/mol. The Labute approximate surface area is 94.9 Å². The molecule has 0 aliphatic carbocycles. The molecule has 0 fully saturated rings. The smallest absolute Gasteiger partial charge is 0.374 e. The highest BCUT2D eigenvalue weighted by Crippen LogP contribution is 2.32. The number of nitrogens with zero attached hydrogens (tertiary/aromatic N) is 1. The number of halogens is 1. The van der Waals surface area contributed by atoms with Gasteiger partial charge in [0.25, 0.3) is 5.35 Å². The predicted molar refractivity (Wildman–Crippen MR) is 55.6 cm³/mol. The molecule has 6 heteroatoms. The van der Waals surface area contributed by atoms with E-state index in [1.54, 1.807) is 12.1 Å². The SMILES string of the molecule is O=C(O)c1oc(Cl)nc1-c1ccccc1O. The summed E-state index contributed by atoms with van der Waals surface area (Å²) in [7, 11) is 0. The largest absolute Gasteiger partial charge is 0.507 e. The molecule has 0 unspecified atom stereocenters. The summed E-state index contributed by atoms with van der Waals surface area (Å²) < 4.78 is 4.73. The van der Waals surface area contributed by atoms with E-state index in [1.165, 1.54) is 12.1 Å². The Morgan fingerprint density at radius 2 is 2.06 bits per heavy atom. The summed E-state index contributed by atoms with van der Waals surface area (Å²) in [4.78, 5) is 14.6. The second-order valence-electron chi connectivity index (χ2n) is 2.97. The summed E-state index contributed by atoms with van der Waals surface area (Å²) >= 11 is 5.49. The fraction of sp³-hybridized carbons (Fsp3) is 0. The van der Waals surface area contributed by atoms with Crippen LogP contribution in [0.4, 0.5) is 0 Å². The highest BCUT2D eigenvalue weighted by atomic mass is 35.5. The predicted octanol–water partition coefficient (Wildman–Crippen LogP) is 2.40. The number of aromatic hydroxyl groups is 1. The quantitative estimate of drug-likeness (QED) is 0.841. The zero-order chi connectivity index (χ0) is 11.7. The number of phenolic OH excluding ortho intramolecular Hbond substituents is 1. The molecule has 1 heterocycles. The fourth-order valence-corrected chi connectivity index (χ4v) is 1.46. The zero-order valence-electron chi connectivity index (χ0n) is 7.85. The van der Waals surface area contributed by atoms with E-state index in [0.29, 0.717) is 0 Å². The van der Waals surface area contributed by atoms with Gasteiger partial charge < -0.3 is 14.6 Å². The van der Waals surface area contributed by atoms with E-state index in [0.717, 1.165) is 0 Å². The van der Waals surface area contributed by atoms with E-state index >= 15 is 0 Å². The molecule has 2 aromatic rings. The second-order valence-corrected chi connectivity index (χ2v) is 3.29. The molecule has 0 spiro atoms. The molecule has 5 nitrogen and oxygen atoms in total. The van der Waals surface area contributed by atoms with Crippen molar-refractivity contribution in [2.24, 2.45) is 0 Å². The van der Waals surface area contributed by atoms with Crippen LogP contribution in [-0.2, 0) is 0 Å². The number of hydrogen-bond donors (Lipinski definition) is 2. The van der Waals surface area contributed by atoms with Gasteiger partial charge in [-0.3, -0.25) is 0 Å². The minimum Gasteiger partial charge on any atom is -0.507 e. The molecular weight excluding hydrogens is 234 g/mol. The maximum absolute atomic E-state index is 10.8. The number of carboxylic acid groups (broad SMARTS) is 1. The van der Waals surface area contributed by atoms with Crippen molar-refractivity contribution >= 4 is 17.6 Å². The summed E-state index contributed by atoms with van der Waals surface area (Å²) in [6.45, 7) is 0. The van der Waals surface area contributed by atoms with Crippen molar-refractivity contribution in [1.82, 2.24) is 4.98 Å². The van der Waals surface area contributed by atoms with Crippen molar-refractivity contribution < 1.29 is 19.4 Å². The van der Waals surface area contributed by atoms with Crippen LogP contribution in [0.15, 0.2) is 28.7 Å². The molecule has 0 radical (unpaired) electrons. The number of para-hydroxylation sites is 1. The number of oxazole rings is 1. The van der Waals surface area contributed by atoms with Gasteiger partial charge in [0.05, 0.1) is 0 Å². The molecule has 0 aliphatic heterocycles. The van der Waals surface area contributed by atoms with Crippen LogP contribution in [0.1, 0.15) is 10.6 Å². The number of rotatable bonds is 2. The van der Waals surface area contributed by atoms with Crippen LogP contribution in [0.2, 0.25) is 5.35 Å². The number of aromatic carboxylic acids is 1. The molecule has 0 bridgehead atoms. The molecule has 16 heavy (non-hydrogen) atoms. The Balaban J connectivity index is 2.64. The van der Waals surface area contributed by atoms with E-state index < -0.39 is 11.7 Å². The van der Waals surface area contributed by atoms with Crippen molar-refractivity contribution in [3.05, 3.63) is 35.4 Å². The van der Waals surface area contributed by atoms with Crippen molar-refractivity contribution in [3.8, 4) is 17.0 Å². The lowest BCUT2D eigenvalue weighted by atomic mass is 10.1. The molecule has 0 atom stereocenters. The van der Waals surface area contributed by atoms with E-state index in [4.69, 9.17) is 21.1 Å². The van der Waals surface area contributed by atoms with Crippen LogP contribution < -0.4 is 0 Å². The number of carbonyl (C=O) groups is 1. The van der Waals surface area contributed by atoms with E-state index in [2.05, 4.69) is 4.98 Å². The molecule has 2 N–H and O–H groups in total. The zero-order valence-corrected chi connectivity index (χ0v) is 8.60. The molecular formula is C10H6ClNO4. The number of aromatic nitrogens is 1. The third-order valence-electron chi connectivity index (χ3n) is 1.95. The maximum Gasteiger partial charge on any atom is 0.374 e. The summed E-state index contributed by atoms with van der Waals surface area (Å²) in [6.07, 6.45) is 0. The first-order valence-corrected chi connectivity index (χ1v) is 4.65. The molecule has 0 amide bonds. The number of benzene rings is 1. The average Bonchev–Trinajstić information content (AvgIpc) is 2.61. The van der Waals surface area contributed by atoms with Gasteiger partial charge in [-0.05, 0) is 23.7 Å². The van der Waals surface area contributed by atoms with Crippen LogP contribution in [0.3, 0.4) is 0 Å². The monoisotopic (exact) mass is 239 g/mol. The topological polar surface area (TPSA) is 83.6 Å². The first-order valence-electron chi connectivity index (χ1n) is 4.27. The van der Waals surface area contributed by atoms with Crippen molar-refractivity contribution in [2.45, 2.75) is 0 Å². The molecule has 1 aromatic heterocycles. The Hall–Kier alpha value is -2.01. The normalized spacial score (nSPS) is 10.3. The van der Waals surface area contributed by atoms with Gasteiger partial charge in [0.1, 0.15) is 11.4 Å². The molecule has 1 aromatic carbocycles. The van der Waals surface area contributed by atoms with Gasteiger partial charge >= 0.3 is 5.97 Å². The third-order valence-corrected chi connectivity index (χ3v) is 2.12. The maximum atomic E-state index is 10.8. The molecule has 0 saturated carbocycles. The third kappa shape index (κ3) is 1.72. The summed E-state index contributed by atoms with van der Waals surface area (Å²) in [5.41, 5.74) is 0.270. The van der Waals surface area contributed by atoms with Crippen LogP contribution >= 0.6 is 11.6 Å². The van der Waals surface area contributed by atoms with Crippen LogP contribution in [0.25, 0.3) is 11.3 Å². The standard InChI is InChI=1S/C10H6ClNO4/c11-10-12-7(8(16-10)9(14)15)5-3-1-2-4-6(5)13/h1-4,13H,(H,14,15). The van der Waals surface area contributed by atoms with E-state index in [9.17, 15) is 9.90 Å². The van der Waals surface area contributed by atoms with Crippen molar-refractivity contribution in [1.29, 1.82) is 0 Å². The molecule has 0 aliphatic rings. The second kappa shape index (κ2) is 3.86. The van der Waals surface area contributed by atoms with Gasteiger partial charge in [-0.15, -0.1) is 0 Å². The Bertz CT molecular complexity index is 550. The summed E-state index contributed by atoms with van der Waals surface area (Å²) in [5, 5.41) is 18.1. The number of carboxylic acids is 1. The Morgan fingerprint density at radius 1 is 1.38 bits per heavy atom. The van der Waals surface area contributed by atoms with Gasteiger partial charge in [-0.25, -0.2) is 4.79 Å².